The van der Waals surface area contributed by atoms with E-state index in [4.69, 9.17) is 0 Å². The van der Waals surface area contributed by atoms with E-state index in [1.165, 1.54) is 0 Å². The monoisotopic (exact) mass is 376 g/mol. The molecule has 4 nitrogen and oxygen atoms in total. The second kappa shape index (κ2) is 7.02. The minimum atomic E-state index is -1.67. The Labute approximate surface area is 152 Å². The summed E-state index contributed by atoms with van der Waals surface area (Å²) in [5.41, 5.74) is 1.95. The molecule has 2 heterocycles. The molecule has 0 fully saturated rings. The Hall–Kier alpha value is -2.90. The number of anilines is 1. The summed E-state index contributed by atoms with van der Waals surface area (Å²) in [6.45, 7) is 0.574. The average molecular weight is 376 g/mol. The highest BCUT2D eigenvalue weighted by Gasteiger charge is 2.28. The smallest absolute Gasteiger partial charge is 0.253 e. The third-order valence-electron chi connectivity index (χ3n) is 4.75. The number of pyridine rings is 1. The third-order valence-corrected chi connectivity index (χ3v) is 4.75. The van der Waals surface area contributed by atoms with Gasteiger partial charge in [-0.25, -0.2) is 0 Å². The first-order valence-corrected chi connectivity index (χ1v) is 8.59. The Kier molecular flexibility index (Phi) is 4.55. The van der Waals surface area contributed by atoms with Gasteiger partial charge in [-0.05, 0) is 24.8 Å². The van der Waals surface area contributed by atoms with Crippen molar-refractivity contribution in [2.75, 3.05) is 5.32 Å². The van der Waals surface area contributed by atoms with Crippen LogP contribution in [0.4, 0.5) is 23.2 Å². The summed E-state index contributed by atoms with van der Waals surface area (Å²) >= 11 is 0. The molecule has 0 bridgehead atoms. The molecular formula is C19H16F4N4. The predicted octanol–water partition coefficient (Wildman–Crippen LogP) is 4.37. The summed E-state index contributed by atoms with van der Waals surface area (Å²) in [5, 5.41) is 7.00. The fourth-order valence-corrected chi connectivity index (χ4v) is 3.45. The third kappa shape index (κ3) is 3.27. The van der Waals surface area contributed by atoms with Crippen LogP contribution >= 0.6 is 0 Å². The van der Waals surface area contributed by atoms with Crippen molar-refractivity contribution in [3.05, 3.63) is 76.9 Å². The number of fused-ring (bicyclic) bond motifs is 1. The minimum absolute atomic E-state index is 0.497. The molecule has 3 aromatic rings. The van der Waals surface area contributed by atoms with Crippen molar-refractivity contribution in [3.63, 3.8) is 0 Å². The Balaban J connectivity index is 1.64. The first kappa shape index (κ1) is 17.5. The van der Waals surface area contributed by atoms with Gasteiger partial charge in [-0.3, -0.25) is 4.68 Å². The molecule has 1 atom stereocenters. The molecule has 8 heteroatoms. The van der Waals surface area contributed by atoms with Gasteiger partial charge in [0.2, 0.25) is 11.6 Å². The summed E-state index contributed by atoms with van der Waals surface area (Å²) in [4.78, 5) is 2.58. The van der Waals surface area contributed by atoms with Crippen molar-refractivity contribution in [1.82, 2.24) is 14.8 Å². The quantitative estimate of drug-likeness (QED) is 0.543. The van der Waals surface area contributed by atoms with Gasteiger partial charge in [-0.1, -0.05) is 30.3 Å². The van der Waals surface area contributed by atoms with Gasteiger partial charge in [0.15, 0.2) is 0 Å². The topological polar surface area (TPSA) is 42.7 Å². The number of hydrogen-bond acceptors (Lipinski definition) is 3. The predicted molar refractivity (Wildman–Crippen MR) is 91.1 cm³/mol. The molecule has 1 N–H and O–H groups in total. The molecule has 27 heavy (non-hydrogen) atoms. The Morgan fingerprint density at radius 3 is 2.44 bits per heavy atom. The van der Waals surface area contributed by atoms with Crippen LogP contribution in [0.3, 0.4) is 0 Å². The highest BCUT2D eigenvalue weighted by atomic mass is 19.2. The van der Waals surface area contributed by atoms with Gasteiger partial charge in [0, 0.05) is 11.3 Å². The molecule has 0 aliphatic heterocycles. The van der Waals surface area contributed by atoms with Crippen LogP contribution in [0, 0.1) is 23.5 Å². The van der Waals surface area contributed by atoms with Crippen molar-refractivity contribution >= 4 is 5.69 Å². The zero-order chi connectivity index (χ0) is 19.0. The lowest BCUT2D eigenvalue weighted by Gasteiger charge is -2.25. The highest BCUT2D eigenvalue weighted by molar-refractivity contribution is 5.48. The Morgan fingerprint density at radius 1 is 1.04 bits per heavy atom. The van der Waals surface area contributed by atoms with E-state index < -0.39 is 35.3 Å². The molecule has 140 valence electrons. The molecule has 0 spiro atoms. The fraction of sp³-hybridized carbons (Fsp3) is 0.263. The maximum Gasteiger partial charge on any atom is 0.253 e. The summed E-state index contributed by atoms with van der Waals surface area (Å²) < 4.78 is 56.5. The molecule has 0 radical (unpaired) electrons. The molecule has 1 aliphatic carbocycles. The van der Waals surface area contributed by atoms with Gasteiger partial charge in [0.05, 0.1) is 18.8 Å². The number of hydrogen-bond donors (Lipinski definition) is 1. The van der Waals surface area contributed by atoms with Crippen molar-refractivity contribution < 1.29 is 17.6 Å². The zero-order valence-electron chi connectivity index (χ0n) is 14.2. The summed E-state index contributed by atoms with van der Waals surface area (Å²) in [6.07, 6.45) is 3.72. The molecule has 0 amide bonds. The number of aromatic nitrogens is 3. The van der Waals surface area contributed by atoms with Crippen LogP contribution in [0.2, 0.25) is 0 Å². The molecule has 1 aliphatic rings. The van der Waals surface area contributed by atoms with Gasteiger partial charge in [0.1, 0.15) is 5.69 Å². The first-order valence-electron chi connectivity index (χ1n) is 8.59. The lowest BCUT2D eigenvalue weighted by molar-refractivity contribution is 0.408. The van der Waals surface area contributed by atoms with E-state index in [9.17, 15) is 17.6 Å². The van der Waals surface area contributed by atoms with E-state index >= 15 is 0 Å². The van der Waals surface area contributed by atoms with Crippen LogP contribution in [-0.4, -0.2) is 14.8 Å². The largest absolute Gasteiger partial charge is 0.373 e. The lowest BCUT2D eigenvalue weighted by Crippen LogP contribution is -2.20. The SMILES string of the molecule is Fc1nc(F)c(F)c(NC2CCCc3c2cnn3Cc2ccccc2)c1F. The van der Waals surface area contributed by atoms with Crippen LogP contribution in [0.5, 0.6) is 0 Å². The molecular weight excluding hydrogens is 360 g/mol. The Bertz CT molecular complexity index is 945. The number of rotatable bonds is 4. The number of halogens is 4. The van der Waals surface area contributed by atoms with E-state index in [-0.39, 0.29) is 0 Å². The molecule has 0 saturated carbocycles. The number of nitrogens with one attached hydrogen (secondary N) is 1. The van der Waals surface area contributed by atoms with Crippen LogP contribution < -0.4 is 5.32 Å². The van der Waals surface area contributed by atoms with Crippen LogP contribution in [-0.2, 0) is 13.0 Å². The van der Waals surface area contributed by atoms with Gasteiger partial charge in [0.25, 0.3) is 11.9 Å². The second-order valence-corrected chi connectivity index (χ2v) is 6.48. The standard InChI is InChI=1S/C19H16F4N4/c20-15-17(16(21)19(23)26-18(15)22)25-13-7-4-8-14-12(13)9-24-27(14)10-11-5-2-1-3-6-11/h1-3,5-6,9,13H,4,7-8,10H2,(H,25,26). The van der Waals surface area contributed by atoms with E-state index in [1.807, 2.05) is 35.0 Å². The van der Waals surface area contributed by atoms with Crippen molar-refractivity contribution in [3.8, 4) is 0 Å². The fourth-order valence-electron chi connectivity index (χ4n) is 3.45. The molecule has 1 aromatic carbocycles. The van der Waals surface area contributed by atoms with Crippen LogP contribution in [0.1, 0.15) is 35.7 Å². The minimum Gasteiger partial charge on any atom is -0.373 e. The van der Waals surface area contributed by atoms with Crippen molar-refractivity contribution in [2.24, 2.45) is 0 Å². The first-order chi connectivity index (χ1) is 13.0. The summed E-state index contributed by atoms with van der Waals surface area (Å²) in [6, 6.07) is 9.28. The highest BCUT2D eigenvalue weighted by Crippen LogP contribution is 2.34. The molecule has 1 unspecified atom stereocenters. The average Bonchev–Trinajstić information content (AvgIpc) is 3.08. The molecule has 2 aromatic heterocycles. The zero-order valence-corrected chi connectivity index (χ0v) is 14.2. The maximum atomic E-state index is 13.9. The number of benzene rings is 1. The van der Waals surface area contributed by atoms with Crippen molar-refractivity contribution in [2.45, 2.75) is 31.8 Å². The lowest BCUT2D eigenvalue weighted by atomic mass is 9.92. The van der Waals surface area contributed by atoms with E-state index in [0.717, 1.165) is 29.7 Å². The maximum absolute atomic E-state index is 13.9. The molecule has 0 saturated heterocycles. The van der Waals surface area contributed by atoms with Crippen LogP contribution in [0.25, 0.3) is 0 Å². The summed E-state index contributed by atoms with van der Waals surface area (Å²) in [7, 11) is 0. The Morgan fingerprint density at radius 2 is 1.74 bits per heavy atom. The van der Waals surface area contributed by atoms with E-state index in [1.54, 1.807) is 6.20 Å². The second-order valence-electron chi connectivity index (χ2n) is 6.48. The van der Waals surface area contributed by atoms with Gasteiger partial charge >= 0.3 is 0 Å². The van der Waals surface area contributed by atoms with Crippen LogP contribution in [0.15, 0.2) is 36.5 Å². The number of nitrogens with zero attached hydrogens (tertiary/aromatic N) is 3. The van der Waals surface area contributed by atoms with E-state index in [0.29, 0.717) is 13.0 Å². The molecule has 4 rings (SSSR count). The van der Waals surface area contributed by atoms with E-state index in [2.05, 4.69) is 15.4 Å². The normalized spacial score (nSPS) is 16.2. The van der Waals surface area contributed by atoms with Gasteiger partial charge in [-0.2, -0.15) is 27.6 Å². The van der Waals surface area contributed by atoms with Crippen molar-refractivity contribution in [1.29, 1.82) is 0 Å². The van der Waals surface area contributed by atoms with Gasteiger partial charge < -0.3 is 5.32 Å². The summed E-state index contributed by atoms with van der Waals surface area (Å²) in [5.74, 6) is -6.41. The van der Waals surface area contributed by atoms with Gasteiger partial charge in [-0.15, -0.1) is 0 Å².